The third kappa shape index (κ3) is 5.78. The molecule has 0 aliphatic heterocycles. The molecule has 152 valence electrons. The van der Waals surface area contributed by atoms with Gasteiger partial charge in [-0.3, -0.25) is 15.4 Å². The van der Waals surface area contributed by atoms with Crippen molar-refractivity contribution in [1.82, 2.24) is 9.55 Å². The summed E-state index contributed by atoms with van der Waals surface area (Å²) in [7, 11) is 0. The number of nitrogens with zero attached hydrogens (tertiary/aromatic N) is 3. The number of halogens is 1. The van der Waals surface area contributed by atoms with Gasteiger partial charge < -0.3 is 9.30 Å². The van der Waals surface area contributed by atoms with Gasteiger partial charge in [0, 0.05) is 24.4 Å². The van der Waals surface area contributed by atoms with Crippen LogP contribution >= 0.6 is 22.9 Å². The van der Waals surface area contributed by atoms with Crippen molar-refractivity contribution in [2.75, 3.05) is 5.32 Å². The van der Waals surface area contributed by atoms with Gasteiger partial charge in [0.25, 0.3) is 5.69 Å². The fourth-order valence-corrected chi connectivity index (χ4v) is 3.62. The number of nitrogens with one attached hydrogen (secondary N) is 1. The Labute approximate surface area is 176 Å². The van der Waals surface area contributed by atoms with E-state index in [0.717, 1.165) is 28.9 Å². The molecule has 0 fully saturated rings. The minimum atomic E-state index is -0.689. The molecule has 0 aliphatic carbocycles. The zero-order chi connectivity index (χ0) is 21.0. The van der Waals surface area contributed by atoms with E-state index >= 15 is 0 Å². The number of benzene rings is 1. The predicted molar refractivity (Wildman–Crippen MR) is 112 cm³/mol. The van der Waals surface area contributed by atoms with Crippen LogP contribution in [0, 0.1) is 16.0 Å². The molecule has 0 saturated heterocycles. The number of nitro groups is 1. The second-order valence-corrected chi connectivity index (χ2v) is 8.49. The highest BCUT2D eigenvalue weighted by Gasteiger charge is 2.15. The summed E-state index contributed by atoms with van der Waals surface area (Å²) in [5.74, 6) is 0.759. The topological polar surface area (TPSA) is 99.3 Å². The molecule has 0 bridgehead atoms. The van der Waals surface area contributed by atoms with E-state index in [0.29, 0.717) is 27.8 Å². The lowest BCUT2D eigenvalue weighted by Gasteiger charge is -2.09. The predicted octanol–water partition coefficient (Wildman–Crippen LogP) is 5.36. The van der Waals surface area contributed by atoms with Gasteiger partial charge in [0.2, 0.25) is 5.88 Å². The molecule has 1 N–H and O–H groups in total. The van der Waals surface area contributed by atoms with Gasteiger partial charge in [-0.2, -0.15) is 0 Å². The molecule has 0 aliphatic rings. The largest absolute Gasteiger partial charge is 0.420 e. The Morgan fingerprint density at radius 3 is 2.83 bits per heavy atom. The summed E-state index contributed by atoms with van der Waals surface area (Å²) in [4.78, 5) is 26.8. The van der Waals surface area contributed by atoms with Crippen molar-refractivity contribution < 1.29 is 14.5 Å². The number of carbonyl (C=O) groups is 1. The second-order valence-electron chi connectivity index (χ2n) is 6.82. The van der Waals surface area contributed by atoms with Crippen LogP contribution in [-0.4, -0.2) is 20.6 Å². The maximum Gasteiger partial charge on any atom is 0.420 e. The summed E-state index contributed by atoms with van der Waals surface area (Å²) >= 11 is 6.94. The van der Waals surface area contributed by atoms with Crippen LogP contribution in [0.3, 0.4) is 0 Å². The number of carbonyl (C=O) groups excluding carboxylic acids is 1. The van der Waals surface area contributed by atoms with Gasteiger partial charge in [-0.1, -0.05) is 48.9 Å². The van der Waals surface area contributed by atoms with E-state index in [1.165, 1.54) is 18.3 Å². The van der Waals surface area contributed by atoms with E-state index in [9.17, 15) is 14.9 Å². The minimum Gasteiger partial charge on any atom is -0.393 e. The zero-order valence-electron chi connectivity index (χ0n) is 15.8. The number of rotatable bonds is 7. The fourth-order valence-electron chi connectivity index (χ4n) is 2.82. The first-order valence-electron chi connectivity index (χ1n) is 8.82. The van der Waals surface area contributed by atoms with Crippen LogP contribution in [0.5, 0.6) is 5.88 Å². The molecule has 0 radical (unpaired) electrons. The average molecular weight is 435 g/mol. The molecule has 0 spiro atoms. The standard InChI is InChI=1S/C19H19ClN4O4S/c1-12(2)6-14-8-17(28-19(25)22-18-21-9-16(20)29-18)23(11-14)10-13-4-3-5-15(7-13)24(26)27/h3-5,7-9,11-12H,6,10H2,1-2H3,(H,21,22,25). The van der Waals surface area contributed by atoms with Gasteiger partial charge in [0.15, 0.2) is 5.13 Å². The number of aromatic nitrogens is 2. The number of ether oxygens (including phenoxy) is 1. The van der Waals surface area contributed by atoms with Crippen molar-refractivity contribution in [3.05, 3.63) is 68.3 Å². The molecule has 0 unspecified atom stereocenters. The van der Waals surface area contributed by atoms with Crippen molar-refractivity contribution >= 4 is 39.8 Å². The van der Waals surface area contributed by atoms with Crippen molar-refractivity contribution in [3.8, 4) is 5.88 Å². The summed E-state index contributed by atoms with van der Waals surface area (Å²) in [6, 6.07) is 8.16. The molecule has 10 heteroatoms. The summed E-state index contributed by atoms with van der Waals surface area (Å²) in [5.41, 5.74) is 1.74. The molecule has 3 rings (SSSR count). The Morgan fingerprint density at radius 2 is 2.17 bits per heavy atom. The van der Waals surface area contributed by atoms with E-state index in [4.69, 9.17) is 16.3 Å². The Kier molecular flexibility index (Phi) is 6.50. The maximum atomic E-state index is 12.3. The first-order valence-corrected chi connectivity index (χ1v) is 10.0. The summed E-state index contributed by atoms with van der Waals surface area (Å²) in [6.07, 6.45) is 3.45. The minimum absolute atomic E-state index is 0.0120. The number of nitro benzene ring substituents is 1. The van der Waals surface area contributed by atoms with Gasteiger partial charge in [-0.15, -0.1) is 0 Å². The van der Waals surface area contributed by atoms with Crippen LogP contribution in [0.1, 0.15) is 25.0 Å². The number of hydrogen-bond donors (Lipinski definition) is 1. The molecule has 29 heavy (non-hydrogen) atoms. The molecule has 1 aromatic carbocycles. The monoisotopic (exact) mass is 434 g/mol. The Hall–Kier alpha value is -2.91. The number of non-ortho nitro benzene ring substituents is 1. The van der Waals surface area contributed by atoms with Crippen LogP contribution < -0.4 is 10.1 Å². The van der Waals surface area contributed by atoms with Crippen LogP contribution in [-0.2, 0) is 13.0 Å². The van der Waals surface area contributed by atoms with E-state index in [2.05, 4.69) is 24.1 Å². The lowest BCUT2D eigenvalue weighted by atomic mass is 10.1. The first kappa shape index (κ1) is 20.8. The molecular formula is C19H19ClN4O4S. The van der Waals surface area contributed by atoms with Crippen LogP contribution in [0.15, 0.2) is 42.7 Å². The first-order chi connectivity index (χ1) is 13.8. The van der Waals surface area contributed by atoms with Gasteiger partial charge in [-0.05, 0) is 23.5 Å². The summed E-state index contributed by atoms with van der Waals surface area (Å²) in [5, 5.41) is 13.9. The molecule has 0 atom stereocenters. The van der Waals surface area contributed by atoms with Crippen molar-refractivity contribution in [2.45, 2.75) is 26.8 Å². The number of anilines is 1. The number of amides is 1. The molecule has 3 aromatic rings. The van der Waals surface area contributed by atoms with E-state index in [1.807, 2.05) is 6.20 Å². The molecule has 2 heterocycles. The van der Waals surface area contributed by atoms with Gasteiger partial charge in [0.05, 0.1) is 17.7 Å². The van der Waals surface area contributed by atoms with Gasteiger partial charge in [-0.25, -0.2) is 9.78 Å². The Balaban J connectivity index is 1.81. The Morgan fingerprint density at radius 1 is 1.38 bits per heavy atom. The lowest BCUT2D eigenvalue weighted by Crippen LogP contribution is -2.18. The van der Waals surface area contributed by atoms with Gasteiger partial charge >= 0.3 is 6.09 Å². The quantitative estimate of drug-likeness (QED) is 0.398. The van der Waals surface area contributed by atoms with Crippen molar-refractivity contribution in [2.24, 2.45) is 5.92 Å². The Bertz CT molecular complexity index is 1030. The molecular weight excluding hydrogens is 416 g/mol. The summed E-state index contributed by atoms with van der Waals surface area (Å²) < 4.78 is 7.68. The lowest BCUT2D eigenvalue weighted by molar-refractivity contribution is -0.384. The highest BCUT2D eigenvalue weighted by atomic mass is 35.5. The van der Waals surface area contributed by atoms with Crippen molar-refractivity contribution in [1.29, 1.82) is 0 Å². The second kappa shape index (κ2) is 9.06. The van der Waals surface area contributed by atoms with E-state index in [-0.39, 0.29) is 5.69 Å². The highest BCUT2D eigenvalue weighted by Crippen LogP contribution is 2.25. The van der Waals surface area contributed by atoms with Crippen LogP contribution in [0.25, 0.3) is 0 Å². The fraction of sp³-hybridized carbons (Fsp3) is 0.263. The zero-order valence-corrected chi connectivity index (χ0v) is 17.4. The molecule has 1 amide bonds. The molecule has 8 nitrogen and oxygen atoms in total. The van der Waals surface area contributed by atoms with Crippen molar-refractivity contribution in [3.63, 3.8) is 0 Å². The SMILES string of the molecule is CC(C)Cc1cc(OC(=O)Nc2ncc(Cl)s2)n(Cc2cccc([N+](=O)[O-])c2)c1. The molecule has 2 aromatic heterocycles. The average Bonchev–Trinajstić information content (AvgIpc) is 3.20. The third-order valence-corrected chi connectivity index (χ3v) is 4.95. The number of hydrogen-bond acceptors (Lipinski definition) is 6. The van der Waals surface area contributed by atoms with E-state index < -0.39 is 11.0 Å². The third-order valence-electron chi connectivity index (χ3n) is 3.92. The normalized spacial score (nSPS) is 10.9. The smallest absolute Gasteiger partial charge is 0.393 e. The summed E-state index contributed by atoms with van der Waals surface area (Å²) in [6.45, 7) is 4.51. The molecule has 0 saturated carbocycles. The number of thiazole rings is 1. The maximum absolute atomic E-state index is 12.3. The van der Waals surface area contributed by atoms with E-state index in [1.54, 1.807) is 22.8 Å². The van der Waals surface area contributed by atoms with Gasteiger partial charge in [0.1, 0.15) is 4.34 Å². The van der Waals surface area contributed by atoms with Crippen LogP contribution in [0.2, 0.25) is 4.34 Å². The van der Waals surface area contributed by atoms with Crippen LogP contribution in [0.4, 0.5) is 15.6 Å². The highest BCUT2D eigenvalue weighted by molar-refractivity contribution is 7.19.